The summed E-state index contributed by atoms with van der Waals surface area (Å²) in [6, 6.07) is 5.61. The molecule has 1 aromatic heterocycles. The van der Waals surface area contributed by atoms with Gasteiger partial charge in [-0.05, 0) is 68.9 Å². The van der Waals surface area contributed by atoms with Gasteiger partial charge in [-0.1, -0.05) is 6.92 Å². The summed E-state index contributed by atoms with van der Waals surface area (Å²) in [4.78, 5) is 0.611. The zero-order valence-electron chi connectivity index (χ0n) is 15.5. The Morgan fingerprint density at radius 3 is 2.62 bits per heavy atom. The molecule has 1 saturated carbocycles. The van der Waals surface area contributed by atoms with Crippen LogP contribution >= 0.6 is 11.3 Å². The standard InChI is InChI=1S/C21H23FN2OS/c1-12-14(11-26-18(12)10-23)13-8-15-17(9-16(13)22)24-19(2,3)21(25)7-5-6-20(15,21)4/h8-9,11,24-25H,5-7H2,1-4H3. The highest BCUT2D eigenvalue weighted by Gasteiger charge is 2.62. The lowest BCUT2D eigenvalue weighted by Gasteiger charge is -2.55. The summed E-state index contributed by atoms with van der Waals surface area (Å²) < 4.78 is 15.0. The number of benzene rings is 1. The average Bonchev–Trinajstić information content (AvgIpc) is 3.09. The van der Waals surface area contributed by atoms with Crippen LogP contribution in [0.15, 0.2) is 17.5 Å². The van der Waals surface area contributed by atoms with Crippen molar-refractivity contribution in [3.63, 3.8) is 0 Å². The van der Waals surface area contributed by atoms with Crippen LogP contribution in [0.2, 0.25) is 0 Å². The second-order valence-electron chi connectivity index (χ2n) is 8.39. The molecule has 0 amide bonds. The van der Waals surface area contributed by atoms with Crippen LogP contribution in [-0.4, -0.2) is 16.2 Å². The van der Waals surface area contributed by atoms with E-state index in [1.54, 1.807) is 6.07 Å². The quantitative estimate of drug-likeness (QED) is 0.733. The highest BCUT2D eigenvalue weighted by molar-refractivity contribution is 7.11. The van der Waals surface area contributed by atoms with Crippen molar-refractivity contribution in [3.05, 3.63) is 39.3 Å². The minimum absolute atomic E-state index is 0.301. The molecule has 3 nitrogen and oxygen atoms in total. The first-order valence-corrected chi connectivity index (χ1v) is 9.86. The molecule has 4 rings (SSSR count). The Hall–Kier alpha value is -1.90. The minimum atomic E-state index is -0.885. The summed E-state index contributed by atoms with van der Waals surface area (Å²) >= 11 is 1.34. The van der Waals surface area contributed by atoms with Crippen molar-refractivity contribution in [1.82, 2.24) is 0 Å². The highest BCUT2D eigenvalue weighted by atomic mass is 32.1. The number of hydrogen-bond acceptors (Lipinski definition) is 4. The van der Waals surface area contributed by atoms with Crippen molar-refractivity contribution >= 4 is 17.0 Å². The summed E-state index contributed by atoms with van der Waals surface area (Å²) in [7, 11) is 0. The number of nitrogens with zero attached hydrogens (tertiary/aromatic N) is 1. The van der Waals surface area contributed by atoms with E-state index in [1.165, 1.54) is 11.3 Å². The second kappa shape index (κ2) is 5.31. The van der Waals surface area contributed by atoms with Gasteiger partial charge in [0, 0.05) is 22.0 Å². The van der Waals surface area contributed by atoms with E-state index in [0.29, 0.717) is 10.4 Å². The molecule has 1 aromatic carbocycles. The van der Waals surface area contributed by atoms with Gasteiger partial charge >= 0.3 is 0 Å². The van der Waals surface area contributed by atoms with Crippen LogP contribution in [0.1, 0.15) is 56.0 Å². The Bertz CT molecular complexity index is 958. The molecule has 2 N–H and O–H groups in total. The van der Waals surface area contributed by atoms with Crippen molar-refractivity contribution in [2.75, 3.05) is 5.32 Å². The van der Waals surface area contributed by atoms with E-state index in [-0.39, 0.29) is 5.82 Å². The van der Waals surface area contributed by atoms with Crippen molar-refractivity contribution < 1.29 is 9.50 Å². The number of thiophene rings is 1. The molecule has 0 radical (unpaired) electrons. The molecule has 2 unspecified atom stereocenters. The van der Waals surface area contributed by atoms with Crippen LogP contribution in [-0.2, 0) is 5.41 Å². The van der Waals surface area contributed by atoms with E-state index in [9.17, 15) is 14.8 Å². The molecule has 0 saturated heterocycles. The van der Waals surface area contributed by atoms with E-state index in [2.05, 4.69) is 18.3 Å². The molecule has 136 valence electrons. The third-order valence-electron chi connectivity index (χ3n) is 6.74. The van der Waals surface area contributed by atoms with Gasteiger partial charge in [0.15, 0.2) is 0 Å². The number of rotatable bonds is 1. The highest BCUT2D eigenvalue weighted by Crippen LogP contribution is 2.59. The Morgan fingerprint density at radius 1 is 1.23 bits per heavy atom. The van der Waals surface area contributed by atoms with Gasteiger partial charge in [0.05, 0.1) is 11.1 Å². The fraction of sp³-hybridized carbons (Fsp3) is 0.476. The van der Waals surface area contributed by atoms with Crippen LogP contribution in [0, 0.1) is 24.1 Å². The lowest BCUT2D eigenvalue weighted by Crippen LogP contribution is -2.65. The van der Waals surface area contributed by atoms with Crippen LogP contribution in [0.3, 0.4) is 0 Å². The number of aliphatic hydroxyl groups is 1. The van der Waals surface area contributed by atoms with Gasteiger partial charge in [-0.3, -0.25) is 0 Å². The second-order valence-corrected chi connectivity index (χ2v) is 9.27. The number of anilines is 1. The molecule has 2 atom stereocenters. The zero-order chi connectivity index (χ0) is 18.9. The maximum absolute atomic E-state index is 15.0. The number of hydrogen-bond donors (Lipinski definition) is 2. The van der Waals surface area contributed by atoms with Gasteiger partial charge in [0.25, 0.3) is 0 Å². The predicted molar refractivity (Wildman–Crippen MR) is 103 cm³/mol. The molecule has 2 aliphatic rings. The van der Waals surface area contributed by atoms with Crippen LogP contribution in [0.25, 0.3) is 11.1 Å². The molecule has 1 fully saturated rings. The molecule has 0 spiro atoms. The summed E-state index contributed by atoms with van der Waals surface area (Å²) in [5.74, 6) is -0.301. The fourth-order valence-corrected chi connectivity index (χ4v) is 5.99. The largest absolute Gasteiger partial charge is 0.387 e. The molecule has 26 heavy (non-hydrogen) atoms. The van der Waals surface area contributed by atoms with E-state index < -0.39 is 16.6 Å². The number of halogens is 1. The first-order valence-electron chi connectivity index (χ1n) is 8.98. The normalized spacial score (nSPS) is 28.8. The van der Waals surface area contributed by atoms with Crippen LogP contribution < -0.4 is 5.32 Å². The Kier molecular flexibility index (Phi) is 3.58. The first kappa shape index (κ1) is 17.5. The first-order chi connectivity index (χ1) is 12.1. The third kappa shape index (κ3) is 2.00. The lowest BCUT2D eigenvalue weighted by molar-refractivity contribution is -0.0628. The van der Waals surface area contributed by atoms with Gasteiger partial charge < -0.3 is 10.4 Å². The monoisotopic (exact) mass is 370 g/mol. The van der Waals surface area contributed by atoms with E-state index in [4.69, 9.17) is 0 Å². The fourth-order valence-electron chi connectivity index (χ4n) is 5.11. The van der Waals surface area contributed by atoms with Crippen molar-refractivity contribution in [3.8, 4) is 17.2 Å². The summed E-state index contributed by atoms with van der Waals surface area (Å²) in [6.45, 7) is 7.95. The summed E-state index contributed by atoms with van der Waals surface area (Å²) in [6.07, 6.45) is 2.55. The molecular formula is C21H23FN2OS. The third-order valence-corrected chi connectivity index (χ3v) is 7.73. The predicted octanol–water partition coefficient (Wildman–Crippen LogP) is 5.11. The number of nitrogens with one attached hydrogen (secondary N) is 1. The maximum Gasteiger partial charge on any atom is 0.133 e. The van der Waals surface area contributed by atoms with Crippen molar-refractivity contribution in [2.24, 2.45) is 0 Å². The van der Waals surface area contributed by atoms with Gasteiger partial charge in [0.1, 0.15) is 16.8 Å². The Labute approximate surface area is 157 Å². The molecule has 1 aliphatic heterocycles. The smallest absolute Gasteiger partial charge is 0.133 e. The topological polar surface area (TPSA) is 56.0 Å². The van der Waals surface area contributed by atoms with Gasteiger partial charge in [-0.2, -0.15) is 5.26 Å². The van der Waals surface area contributed by atoms with Crippen molar-refractivity contribution in [1.29, 1.82) is 5.26 Å². The minimum Gasteiger partial charge on any atom is -0.387 e. The molecule has 5 heteroatoms. The Morgan fingerprint density at radius 2 is 1.96 bits per heavy atom. The molecular weight excluding hydrogens is 347 g/mol. The molecule has 1 aliphatic carbocycles. The molecule has 2 heterocycles. The van der Waals surface area contributed by atoms with Crippen LogP contribution in [0.4, 0.5) is 10.1 Å². The van der Waals surface area contributed by atoms with E-state index in [1.807, 2.05) is 32.2 Å². The lowest BCUT2D eigenvalue weighted by atomic mass is 9.60. The molecule has 0 bridgehead atoms. The summed E-state index contributed by atoms with van der Waals surface area (Å²) in [5.41, 5.74) is 1.97. The van der Waals surface area contributed by atoms with Gasteiger partial charge in [-0.15, -0.1) is 11.3 Å². The SMILES string of the molecule is Cc1c(-c2cc3c(cc2F)NC(C)(C)C2(O)CCCC32C)csc1C#N. The Balaban J connectivity index is 1.96. The van der Waals surface area contributed by atoms with Gasteiger partial charge in [-0.25, -0.2) is 4.39 Å². The zero-order valence-corrected chi connectivity index (χ0v) is 16.4. The van der Waals surface area contributed by atoms with Crippen LogP contribution in [0.5, 0.6) is 0 Å². The van der Waals surface area contributed by atoms with E-state index in [0.717, 1.165) is 41.6 Å². The van der Waals surface area contributed by atoms with E-state index >= 15 is 0 Å². The average molecular weight is 370 g/mol. The number of fused-ring (bicyclic) bond motifs is 3. The van der Waals surface area contributed by atoms with Gasteiger partial charge in [0.2, 0.25) is 0 Å². The maximum atomic E-state index is 15.0. The number of nitriles is 1. The molecule has 2 aromatic rings. The summed E-state index contributed by atoms with van der Waals surface area (Å²) in [5, 5.41) is 26.0. The van der Waals surface area contributed by atoms with Crippen molar-refractivity contribution in [2.45, 2.75) is 63.5 Å².